The minimum atomic E-state index is -4.54. The molecule has 9 nitrogen and oxygen atoms in total. The van der Waals surface area contributed by atoms with E-state index in [-0.39, 0.29) is 36.6 Å². The lowest BCUT2D eigenvalue weighted by molar-refractivity contribution is 0.292. The van der Waals surface area contributed by atoms with E-state index < -0.39 is 20.6 Å². The van der Waals surface area contributed by atoms with E-state index in [0.717, 1.165) is 6.07 Å². The molecule has 24 heavy (non-hydrogen) atoms. The zero-order valence-electron chi connectivity index (χ0n) is 12.3. The van der Waals surface area contributed by atoms with Crippen molar-refractivity contribution in [1.29, 1.82) is 15.8 Å². The van der Waals surface area contributed by atoms with Crippen LogP contribution in [0.5, 0.6) is 0 Å². The summed E-state index contributed by atoms with van der Waals surface area (Å²) in [5.41, 5.74) is -0.445. The van der Waals surface area contributed by atoms with Gasteiger partial charge in [-0.25, -0.2) is 0 Å². The van der Waals surface area contributed by atoms with Crippen molar-refractivity contribution in [2.45, 2.75) is 11.4 Å². The lowest BCUT2D eigenvalue weighted by atomic mass is 10.2. The van der Waals surface area contributed by atoms with Gasteiger partial charge in [0.05, 0.1) is 6.61 Å². The number of hydrogen-bond donors (Lipinski definition) is 4. The molecular formula is C14H13N5O4S. The first-order valence-electron chi connectivity index (χ1n) is 6.51. The van der Waals surface area contributed by atoms with Gasteiger partial charge in [-0.05, 0) is 17.7 Å². The molecule has 0 saturated heterocycles. The van der Waals surface area contributed by atoms with Gasteiger partial charge in [0, 0.05) is 18.8 Å². The topological polar surface area (TPSA) is 170 Å². The second-order valence-corrected chi connectivity index (χ2v) is 5.80. The van der Waals surface area contributed by atoms with Gasteiger partial charge in [0.25, 0.3) is 10.1 Å². The number of aliphatic hydroxyl groups excluding tert-OH is 1. The molecule has 1 aromatic carbocycles. The summed E-state index contributed by atoms with van der Waals surface area (Å²) >= 11 is 0. The number of benzene rings is 1. The smallest absolute Gasteiger partial charge is 0.294 e. The van der Waals surface area contributed by atoms with Crippen LogP contribution in [0.25, 0.3) is 0 Å². The molecule has 0 unspecified atom stereocenters. The predicted octanol–water partition coefficient (Wildman–Crippen LogP) is 0.252. The van der Waals surface area contributed by atoms with Gasteiger partial charge in [-0.2, -0.15) is 24.2 Å². The SMILES string of the molecule is N#CC(C#N)=C(C#N)Nc1ccc(CNCCO)c(S(=O)(=O)O)c1. The largest absolute Gasteiger partial charge is 0.395 e. The van der Waals surface area contributed by atoms with E-state index in [2.05, 4.69) is 10.6 Å². The fraction of sp³-hybridized carbons (Fsp3) is 0.214. The normalized spacial score (nSPS) is 10.1. The number of allylic oxidation sites excluding steroid dienone is 2. The van der Waals surface area contributed by atoms with Crippen LogP contribution >= 0.6 is 0 Å². The molecule has 1 aromatic rings. The molecule has 0 saturated carbocycles. The number of nitrogens with one attached hydrogen (secondary N) is 2. The first-order valence-corrected chi connectivity index (χ1v) is 7.95. The van der Waals surface area contributed by atoms with Crippen molar-refractivity contribution >= 4 is 15.8 Å². The van der Waals surface area contributed by atoms with Crippen LogP contribution in [0.4, 0.5) is 5.69 Å². The van der Waals surface area contributed by atoms with Crippen LogP contribution in [0.2, 0.25) is 0 Å². The third-order valence-electron chi connectivity index (χ3n) is 2.80. The number of nitrogens with zero attached hydrogens (tertiary/aromatic N) is 3. The van der Waals surface area contributed by atoms with Crippen molar-refractivity contribution in [1.82, 2.24) is 5.32 Å². The van der Waals surface area contributed by atoms with Gasteiger partial charge in [-0.15, -0.1) is 0 Å². The van der Waals surface area contributed by atoms with E-state index in [1.54, 1.807) is 18.2 Å². The maximum atomic E-state index is 11.5. The van der Waals surface area contributed by atoms with Crippen LogP contribution in [0.15, 0.2) is 34.4 Å². The Balaban J connectivity index is 3.26. The van der Waals surface area contributed by atoms with E-state index in [1.807, 2.05) is 0 Å². The van der Waals surface area contributed by atoms with Crippen LogP contribution in [0, 0.1) is 34.0 Å². The van der Waals surface area contributed by atoms with Crippen LogP contribution < -0.4 is 10.6 Å². The van der Waals surface area contributed by atoms with E-state index in [4.69, 9.17) is 20.9 Å². The number of nitriles is 3. The lowest BCUT2D eigenvalue weighted by Crippen LogP contribution is -2.19. The molecule has 0 aromatic heterocycles. The van der Waals surface area contributed by atoms with Crippen LogP contribution in [-0.4, -0.2) is 31.2 Å². The first-order chi connectivity index (χ1) is 11.4. The molecule has 0 spiro atoms. The summed E-state index contributed by atoms with van der Waals surface area (Å²) in [6.07, 6.45) is 0. The minimum absolute atomic E-state index is 0.0819. The molecule has 0 aliphatic rings. The van der Waals surface area contributed by atoms with Crippen molar-refractivity contribution in [2.75, 3.05) is 18.5 Å². The Bertz CT molecular complexity index is 856. The number of hydrogen-bond acceptors (Lipinski definition) is 8. The third-order valence-corrected chi connectivity index (χ3v) is 3.74. The lowest BCUT2D eigenvalue weighted by Gasteiger charge is -2.11. The molecule has 0 aliphatic carbocycles. The predicted molar refractivity (Wildman–Crippen MR) is 82.5 cm³/mol. The summed E-state index contributed by atoms with van der Waals surface area (Å²) in [4.78, 5) is -0.398. The first kappa shape index (κ1) is 19.1. The van der Waals surface area contributed by atoms with Gasteiger partial charge in [0.2, 0.25) is 0 Å². The summed E-state index contributed by atoms with van der Waals surface area (Å²) < 4.78 is 32.3. The molecule has 0 aliphatic heterocycles. The molecule has 4 N–H and O–H groups in total. The van der Waals surface area contributed by atoms with Crippen molar-refractivity contribution in [3.05, 3.63) is 35.0 Å². The molecule has 0 amide bonds. The van der Waals surface area contributed by atoms with E-state index in [9.17, 15) is 13.0 Å². The van der Waals surface area contributed by atoms with E-state index in [1.165, 1.54) is 12.1 Å². The van der Waals surface area contributed by atoms with Gasteiger partial charge in [-0.1, -0.05) is 6.07 Å². The van der Waals surface area contributed by atoms with Crippen LogP contribution in [0.3, 0.4) is 0 Å². The quantitative estimate of drug-likeness (QED) is 0.306. The van der Waals surface area contributed by atoms with Gasteiger partial charge >= 0.3 is 0 Å². The highest BCUT2D eigenvalue weighted by Crippen LogP contribution is 2.22. The summed E-state index contributed by atoms with van der Waals surface area (Å²) in [6, 6.07) is 8.63. The average Bonchev–Trinajstić information content (AvgIpc) is 2.55. The molecule has 1 rings (SSSR count). The Morgan fingerprint density at radius 3 is 2.33 bits per heavy atom. The second-order valence-electron chi connectivity index (χ2n) is 4.41. The molecule has 0 heterocycles. The van der Waals surface area contributed by atoms with Crippen molar-refractivity contribution in [3.8, 4) is 18.2 Å². The van der Waals surface area contributed by atoms with Crippen molar-refractivity contribution < 1.29 is 18.1 Å². The average molecular weight is 347 g/mol. The highest BCUT2D eigenvalue weighted by atomic mass is 32.2. The molecule has 0 radical (unpaired) electrons. The third kappa shape index (κ3) is 5.06. The van der Waals surface area contributed by atoms with Gasteiger partial charge < -0.3 is 15.7 Å². The Morgan fingerprint density at radius 2 is 1.83 bits per heavy atom. The fourth-order valence-corrected chi connectivity index (χ4v) is 2.50. The summed E-state index contributed by atoms with van der Waals surface area (Å²) in [5.74, 6) is 0. The fourth-order valence-electron chi connectivity index (χ4n) is 1.75. The highest BCUT2D eigenvalue weighted by Gasteiger charge is 2.17. The summed E-state index contributed by atoms with van der Waals surface area (Å²) in [6.45, 7) is 0.181. The van der Waals surface area contributed by atoms with Crippen LogP contribution in [0.1, 0.15) is 5.56 Å². The monoisotopic (exact) mass is 347 g/mol. The number of anilines is 1. The molecule has 0 atom stereocenters. The molecule has 0 fully saturated rings. The summed E-state index contributed by atoms with van der Waals surface area (Å²) in [7, 11) is -4.54. The maximum Gasteiger partial charge on any atom is 0.294 e. The molecule has 10 heteroatoms. The van der Waals surface area contributed by atoms with Gasteiger partial charge in [0.15, 0.2) is 5.57 Å². The molecular weight excluding hydrogens is 334 g/mol. The van der Waals surface area contributed by atoms with E-state index in [0.29, 0.717) is 0 Å². The Kier molecular flexibility index (Phi) is 6.87. The standard InChI is InChI=1S/C14H13N5O4S/c15-6-11(7-16)13(8-17)19-12-2-1-10(9-18-3-4-20)14(5-12)24(21,22)23/h1-2,5,18-20H,3-4,9H2,(H,21,22,23). The maximum absolute atomic E-state index is 11.5. The Labute approximate surface area is 138 Å². The Morgan fingerprint density at radius 1 is 1.17 bits per heavy atom. The van der Waals surface area contributed by atoms with Crippen molar-refractivity contribution in [3.63, 3.8) is 0 Å². The summed E-state index contributed by atoms with van der Waals surface area (Å²) in [5, 5.41) is 40.5. The van der Waals surface area contributed by atoms with Gasteiger partial charge in [0.1, 0.15) is 28.8 Å². The zero-order chi connectivity index (χ0) is 18.2. The zero-order valence-corrected chi connectivity index (χ0v) is 13.1. The number of aliphatic hydroxyl groups is 1. The van der Waals surface area contributed by atoms with Crippen molar-refractivity contribution in [2.24, 2.45) is 0 Å². The van der Waals surface area contributed by atoms with Crippen LogP contribution in [-0.2, 0) is 16.7 Å². The Hall–Kier alpha value is -2.94. The molecule has 0 bridgehead atoms. The number of rotatable bonds is 7. The van der Waals surface area contributed by atoms with E-state index >= 15 is 0 Å². The van der Waals surface area contributed by atoms with Gasteiger partial charge in [-0.3, -0.25) is 4.55 Å². The highest BCUT2D eigenvalue weighted by molar-refractivity contribution is 7.85. The minimum Gasteiger partial charge on any atom is -0.395 e. The second kappa shape index (κ2) is 8.63. The molecule has 124 valence electrons.